The van der Waals surface area contributed by atoms with Gasteiger partial charge in [-0.3, -0.25) is 4.79 Å². The number of benzene rings is 1. The van der Waals surface area contributed by atoms with Gasteiger partial charge in [0, 0.05) is 12.2 Å². The summed E-state index contributed by atoms with van der Waals surface area (Å²) in [5.74, 6) is 0.977. The molecule has 1 aliphatic heterocycles. The van der Waals surface area contributed by atoms with Crippen molar-refractivity contribution in [3.63, 3.8) is 0 Å². The smallest absolute Gasteiger partial charge is 0.169 e. The molecule has 0 spiro atoms. The fraction of sp³-hybridized carbons (Fsp3) is 0.533. The SMILES string of the molecule is COc1ccc2c(c1)C(=O)C1COCCC1(C)C2. The van der Waals surface area contributed by atoms with Crippen molar-refractivity contribution in [1.82, 2.24) is 0 Å². The van der Waals surface area contributed by atoms with Gasteiger partial charge in [0.25, 0.3) is 0 Å². The standard InChI is InChI=1S/C15H18O3/c1-15-5-6-18-9-13(15)14(16)12-7-11(17-2)4-3-10(12)8-15/h3-4,7,13H,5-6,8-9H2,1-2H3. The number of carbonyl (C=O) groups excluding carboxylic acids is 1. The molecular weight excluding hydrogens is 228 g/mol. The van der Waals surface area contributed by atoms with Gasteiger partial charge in [0.15, 0.2) is 5.78 Å². The summed E-state index contributed by atoms with van der Waals surface area (Å²) in [7, 11) is 1.63. The molecule has 2 unspecified atom stereocenters. The molecule has 3 rings (SSSR count). The lowest BCUT2D eigenvalue weighted by molar-refractivity contribution is -0.0249. The maximum Gasteiger partial charge on any atom is 0.169 e. The van der Waals surface area contributed by atoms with Gasteiger partial charge in [-0.05, 0) is 36.0 Å². The van der Waals surface area contributed by atoms with E-state index in [0.717, 1.165) is 36.3 Å². The third-order valence-electron chi connectivity index (χ3n) is 4.44. The number of fused-ring (bicyclic) bond motifs is 2. The van der Waals surface area contributed by atoms with E-state index in [1.165, 1.54) is 0 Å². The minimum Gasteiger partial charge on any atom is -0.497 e. The zero-order chi connectivity index (χ0) is 12.8. The zero-order valence-corrected chi connectivity index (χ0v) is 10.9. The highest BCUT2D eigenvalue weighted by Gasteiger charge is 2.46. The normalized spacial score (nSPS) is 30.6. The average molecular weight is 246 g/mol. The molecule has 3 heteroatoms. The molecule has 1 aromatic carbocycles. The van der Waals surface area contributed by atoms with Gasteiger partial charge in [-0.15, -0.1) is 0 Å². The minimum atomic E-state index is 0.00542. The lowest BCUT2D eigenvalue weighted by atomic mass is 9.63. The van der Waals surface area contributed by atoms with Gasteiger partial charge in [0.2, 0.25) is 0 Å². The molecule has 1 aromatic rings. The van der Waals surface area contributed by atoms with Crippen LogP contribution in [0.2, 0.25) is 0 Å². The van der Waals surface area contributed by atoms with E-state index >= 15 is 0 Å². The topological polar surface area (TPSA) is 35.5 Å². The van der Waals surface area contributed by atoms with E-state index in [9.17, 15) is 4.79 Å². The maximum absolute atomic E-state index is 12.6. The molecule has 1 saturated heterocycles. The molecule has 1 fully saturated rings. The van der Waals surface area contributed by atoms with Crippen LogP contribution in [0.25, 0.3) is 0 Å². The number of Topliss-reactive ketones (excluding diaryl/α,β-unsaturated/α-hetero) is 1. The predicted octanol–water partition coefficient (Wildman–Crippen LogP) is 2.48. The Morgan fingerprint density at radius 1 is 1.44 bits per heavy atom. The van der Waals surface area contributed by atoms with Gasteiger partial charge in [0.05, 0.1) is 19.6 Å². The van der Waals surface area contributed by atoms with Crippen molar-refractivity contribution < 1.29 is 14.3 Å². The summed E-state index contributed by atoms with van der Waals surface area (Å²) in [5.41, 5.74) is 2.04. The van der Waals surface area contributed by atoms with Crippen molar-refractivity contribution in [3.05, 3.63) is 29.3 Å². The molecule has 18 heavy (non-hydrogen) atoms. The fourth-order valence-electron chi connectivity index (χ4n) is 3.17. The summed E-state index contributed by atoms with van der Waals surface area (Å²) in [4.78, 5) is 12.6. The number of rotatable bonds is 1. The van der Waals surface area contributed by atoms with Gasteiger partial charge in [-0.1, -0.05) is 13.0 Å². The first-order chi connectivity index (χ1) is 8.64. The summed E-state index contributed by atoms with van der Waals surface area (Å²) >= 11 is 0. The second kappa shape index (κ2) is 4.09. The van der Waals surface area contributed by atoms with Crippen molar-refractivity contribution in [2.45, 2.75) is 19.8 Å². The number of ether oxygens (including phenoxy) is 2. The van der Waals surface area contributed by atoms with Crippen molar-refractivity contribution >= 4 is 5.78 Å². The molecule has 2 aliphatic rings. The van der Waals surface area contributed by atoms with Crippen molar-refractivity contribution in [2.75, 3.05) is 20.3 Å². The van der Waals surface area contributed by atoms with Gasteiger partial charge in [-0.2, -0.15) is 0 Å². The molecule has 2 atom stereocenters. The second-order valence-corrected chi connectivity index (χ2v) is 5.60. The molecule has 0 aromatic heterocycles. The highest BCUT2D eigenvalue weighted by molar-refractivity contribution is 6.01. The predicted molar refractivity (Wildman–Crippen MR) is 68.1 cm³/mol. The molecule has 0 bridgehead atoms. The first kappa shape index (κ1) is 11.7. The van der Waals surface area contributed by atoms with Gasteiger partial charge in [0.1, 0.15) is 5.75 Å². The van der Waals surface area contributed by atoms with E-state index in [4.69, 9.17) is 9.47 Å². The summed E-state index contributed by atoms with van der Waals surface area (Å²) in [6.45, 7) is 3.54. The molecular formula is C15H18O3. The van der Waals surface area contributed by atoms with E-state index in [-0.39, 0.29) is 17.1 Å². The van der Waals surface area contributed by atoms with Crippen LogP contribution in [0, 0.1) is 11.3 Å². The lowest BCUT2D eigenvalue weighted by Gasteiger charge is -2.44. The molecule has 1 heterocycles. The molecule has 96 valence electrons. The molecule has 0 saturated carbocycles. The summed E-state index contributed by atoms with van der Waals surface area (Å²) in [6, 6.07) is 5.84. The quantitative estimate of drug-likeness (QED) is 0.763. The van der Waals surface area contributed by atoms with Gasteiger partial charge >= 0.3 is 0 Å². The third kappa shape index (κ3) is 1.65. The largest absolute Gasteiger partial charge is 0.497 e. The van der Waals surface area contributed by atoms with Crippen LogP contribution in [-0.2, 0) is 11.2 Å². The Bertz CT molecular complexity index is 495. The lowest BCUT2D eigenvalue weighted by Crippen LogP contribution is -2.46. The van der Waals surface area contributed by atoms with Crippen LogP contribution in [0.15, 0.2) is 18.2 Å². The highest BCUT2D eigenvalue weighted by atomic mass is 16.5. The van der Waals surface area contributed by atoms with E-state index < -0.39 is 0 Å². The highest BCUT2D eigenvalue weighted by Crippen LogP contribution is 2.45. The Morgan fingerprint density at radius 3 is 3.06 bits per heavy atom. The van der Waals surface area contributed by atoms with Crippen molar-refractivity contribution in [3.8, 4) is 5.75 Å². The van der Waals surface area contributed by atoms with E-state index in [1.54, 1.807) is 7.11 Å². The van der Waals surface area contributed by atoms with Crippen molar-refractivity contribution in [1.29, 1.82) is 0 Å². The molecule has 0 N–H and O–H groups in total. The average Bonchev–Trinajstić information content (AvgIpc) is 2.38. The van der Waals surface area contributed by atoms with Crippen LogP contribution in [0.4, 0.5) is 0 Å². The van der Waals surface area contributed by atoms with Gasteiger partial charge < -0.3 is 9.47 Å². The van der Waals surface area contributed by atoms with Gasteiger partial charge in [-0.25, -0.2) is 0 Å². The number of methoxy groups -OCH3 is 1. The summed E-state index contributed by atoms with van der Waals surface area (Å²) in [6.07, 6.45) is 1.93. The van der Waals surface area contributed by atoms with E-state index in [1.807, 2.05) is 18.2 Å². The number of carbonyl (C=O) groups is 1. The molecule has 3 nitrogen and oxygen atoms in total. The molecule has 0 amide bonds. The second-order valence-electron chi connectivity index (χ2n) is 5.60. The maximum atomic E-state index is 12.6. The van der Waals surface area contributed by atoms with Crippen LogP contribution in [0.5, 0.6) is 5.75 Å². The Hall–Kier alpha value is -1.35. The first-order valence-corrected chi connectivity index (χ1v) is 6.43. The van der Waals surface area contributed by atoms with Crippen molar-refractivity contribution in [2.24, 2.45) is 11.3 Å². The van der Waals surface area contributed by atoms with Crippen LogP contribution in [-0.4, -0.2) is 26.1 Å². The zero-order valence-electron chi connectivity index (χ0n) is 10.9. The van der Waals surface area contributed by atoms with E-state index in [0.29, 0.717) is 6.61 Å². The summed E-state index contributed by atoms with van der Waals surface area (Å²) in [5, 5.41) is 0. The van der Waals surface area contributed by atoms with Crippen LogP contribution >= 0.6 is 0 Å². The summed E-state index contributed by atoms with van der Waals surface area (Å²) < 4.78 is 10.7. The first-order valence-electron chi connectivity index (χ1n) is 6.43. The Labute approximate surface area is 107 Å². The number of ketones is 1. The minimum absolute atomic E-state index is 0.00542. The third-order valence-corrected chi connectivity index (χ3v) is 4.44. The molecule has 1 aliphatic carbocycles. The Balaban J connectivity index is 2.06. The number of hydrogen-bond donors (Lipinski definition) is 0. The van der Waals surface area contributed by atoms with E-state index in [2.05, 4.69) is 6.92 Å². The van der Waals surface area contributed by atoms with Crippen LogP contribution in [0.3, 0.4) is 0 Å². The monoisotopic (exact) mass is 246 g/mol. The fourth-order valence-corrected chi connectivity index (χ4v) is 3.17. The number of hydrogen-bond acceptors (Lipinski definition) is 3. The Kier molecular flexibility index (Phi) is 2.67. The van der Waals surface area contributed by atoms with Crippen LogP contribution < -0.4 is 4.74 Å². The Morgan fingerprint density at radius 2 is 2.28 bits per heavy atom. The van der Waals surface area contributed by atoms with Crippen LogP contribution in [0.1, 0.15) is 29.3 Å². The molecule has 0 radical (unpaired) electrons.